The van der Waals surface area contributed by atoms with Gasteiger partial charge in [0.25, 0.3) is 6.29 Å². The highest BCUT2D eigenvalue weighted by Gasteiger charge is 2.25. The third kappa shape index (κ3) is 81.3. The molecule has 0 fully saturated rings. The van der Waals surface area contributed by atoms with Gasteiger partial charge in [-0.05, 0) is 141 Å². The van der Waals surface area contributed by atoms with Gasteiger partial charge in [0.1, 0.15) is 13.2 Å². The second kappa shape index (κ2) is 79.8. The average Bonchev–Trinajstić information content (AvgIpc) is 1.21. The van der Waals surface area contributed by atoms with E-state index < -0.39 is 24.3 Å². The highest BCUT2D eigenvalue weighted by molar-refractivity contribution is 5.71. The van der Waals surface area contributed by atoms with E-state index in [1.165, 1.54) is 128 Å². The molecule has 0 aliphatic carbocycles. The number of carboxylic acids is 1. The first-order chi connectivity index (χ1) is 49.6. The lowest BCUT2D eigenvalue weighted by molar-refractivity contribution is -0.870. The maximum atomic E-state index is 13.0. The molecule has 0 aliphatic rings. The number of esters is 2. The van der Waals surface area contributed by atoms with Crippen LogP contribution in [0, 0.1) is 0 Å². The van der Waals surface area contributed by atoms with Crippen molar-refractivity contribution in [3.63, 3.8) is 0 Å². The molecule has 101 heavy (non-hydrogen) atoms. The Hall–Kier alpha value is -5.87. The van der Waals surface area contributed by atoms with Crippen LogP contribution in [0.25, 0.3) is 0 Å². The summed E-state index contributed by atoms with van der Waals surface area (Å²) in [7, 11) is 5.98. The minimum absolute atomic E-state index is 0.179. The number of ether oxygens (including phenoxy) is 4. The molecule has 1 N–H and O–H groups in total. The normalized spacial score (nSPS) is 13.7. The van der Waals surface area contributed by atoms with Gasteiger partial charge in [0.15, 0.2) is 6.10 Å². The Morgan fingerprint density at radius 2 is 0.535 bits per heavy atom. The van der Waals surface area contributed by atoms with Crippen LogP contribution in [0.5, 0.6) is 0 Å². The molecule has 0 saturated carbocycles. The van der Waals surface area contributed by atoms with Crippen molar-refractivity contribution >= 4 is 17.9 Å². The molecular weight excluding hydrogens is 1250 g/mol. The molecule has 0 aromatic heterocycles. The Labute approximate surface area is 621 Å². The van der Waals surface area contributed by atoms with Crippen molar-refractivity contribution in [1.82, 2.24) is 0 Å². The zero-order valence-corrected chi connectivity index (χ0v) is 65.2. The second-order valence-corrected chi connectivity index (χ2v) is 27.6. The molecule has 0 aliphatic heterocycles. The first kappa shape index (κ1) is 95.1. The SMILES string of the molecule is CC/C=C\C/C=C\C/C=C\C/C=C\C/C=C\C/C=C\C/C=C\C/C=C\C/C=C\C/C=C\CCCCCCCCCCCCC(=O)OC(COC(=O)CCCCCCCCCCCCCCCCCC/C=C\C/C=C\C/C=C\C/C=C\C/C=C\C/C=C\CC)COC(OCC[N+](C)(C)C)C(=O)O. The molecule has 2 atom stereocenters. The Balaban J connectivity index is 4.10. The summed E-state index contributed by atoms with van der Waals surface area (Å²) in [5.41, 5.74) is 0. The van der Waals surface area contributed by atoms with E-state index in [1.54, 1.807) is 0 Å². The lowest BCUT2D eigenvalue weighted by atomic mass is 10.0. The molecule has 570 valence electrons. The fourth-order valence-corrected chi connectivity index (χ4v) is 10.8. The van der Waals surface area contributed by atoms with Gasteiger partial charge in [-0.3, -0.25) is 9.59 Å². The van der Waals surface area contributed by atoms with Crippen molar-refractivity contribution < 1.29 is 42.9 Å². The highest BCUT2D eigenvalue weighted by Crippen LogP contribution is 2.17. The molecule has 0 aromatic carbocycles. The van der Waals surface area contributed by atoms with Crippen molar-refractivity contribution in [2.45, 2.75) is 322 Å². The summed E-state index contributed by atoms with van der Waals surface area (Å²) in [6.07, 6.45) is 120. The van der Waals surface area contributed by atoms with Crippen molar-refractivity contribution in [2.75, 3.05) is 47.5 Å². The second-order valence-electron chi connectivity index (χ2n) is 27.6. The Bertz CT molecular complexity index is 2380. The summed E-state index contributed by atoms with van der Waals surface area (Å²) in [4.78, 5) is 37.8. The maximum absolute atomic E-state index is 13.0. The lowest BCUT2D eigenvalue weighted by Crippen LogP contribution is -2.40. The van der Waals surface area contributed by atoms with Crippen LogP contribution in [-0.2, 0) is 33.3 Å². The van der Waals surface area contributed by atoms with Gasteiger partial charge in [-0.25, -0.2) is 4.79 Å². The summed E-state index contributed by atoms with van der Waals surface area (Å²) in [5, 5.41) is 9.78. The summed E-state index contributed by atoms with van der Waals surface area (Å²) in [5.74, 6) is -2.02. The highest BCUT2D eigenvalue weighted by atomic mass is 16.7. The van der Waals surface area contributed by atoms with Crippen LogP contribution in [0.1, 0.15) is 309 Å². The lowest BCUT2D eigenvalue weighted by Gasteiger charge is -2.25. The fraction of sp³-hybridized carbons (Fsp3) is 0.620. The van der Waals surface area contributed by atoms with E-state index in [-0.39, 0.29) is 32.2 Å². The Morgan fingerprint density at radius 3 is 0.792 bits per heavy atom. The standard InChI is InChI=1S/C92H149NO8/c1-6-8-10-12-14-16-18-20-22-24-26-28-30-32-34-36-38-40-42-43-44-45-46-47-49-51-53-55-57-59-61-63-65-67-69-71-73-75-77-79-81-83-90(95)101-88(87-100-92(91(96)97)98-85-84-93(3,4)5)86-99-89(94)82-80-78-76-74-72-70-68-66-64-62-60-58-56-54-52-50-48-41-39-37-35-33-31-29-27-25-23-21-19-17-15-13-11-9-7-2/h8-11,14-17,20-23,26-29,32-35,38-41,43-44,46-47,51,53,57,59,88,92H,6-7,12-13,18-19,24-25,30-31,36-37,42,45,48-50,52,54-56,58,60-87H2,1-5H3/p+1/b10-8-,11-9-,16-14-,17-15-,22-20-,23-21-,28-26-,29-27-,34-32-,35-33-,40-38-,41-39-,44-43-,47-46-,53-51-,59-57-. The van der Waals surface area contributed by atoms with Crippen molar-refractivity contribution in [2.24, 2.45) is 0 Å². The zero-order chi connectivity index (χ0) is 73.2. The van der Waals surface area contributed by atoms with Crippen molar-refractivity contribution in [1.29, 1.82) is 0 Å². The number of likely N-dealkylation sites (N-methyl/N-ethyl adjacent to an activating group) is 1. The molecule has 0 radical (unpaired) electrons. The molecule has 9 heteroatoms. The fourth-order valence-electron chi connectivity index (χ4n) is 10.8. The Morgan fingerprint density at radius 1 is 0.297 bits per heavy atom. The van der Waals surface area contributed by atoms with Gasteiger partial charge in [0.05, 0.1) is 34.4 Å². The number of unbranched alkanes of at least 4 members (excludes halogenated alkanes) is 26. The van der Waals surface area contributed by atoms with Crippen molar-refractivity contribution in [3.8, 4) is 0 Å². The molecule has 0 saturated heterocycles. The molecule has 0 heterocycles. The Kier molecular flexibility index (Phi) is 75.2. The molecule has 9 nitrogen and oxygen atoms in total. The number of quaternary nitrogens is 1. The van der Waals surface area contributed by atoms with Crippen LogP contribution in [0.2, 0.25) is 0 Å². The molecule has 2 unspecified atom stereocenters. The van der Waals surface area contributed by atoms with E-state index in [1.807, 2.05) is 21.1 Å². The van der Waals surface area contributed by atoms with E-state index >= 15 is 0 Å². The number of carbonyl (C=O) groups excluding carboxylic acids is 2. The van der Waals surface area contributed by atoms with Gasteiger partial charge in [0, 0.05) is 12.8 Å². The average molecular weight is 1400 g/mol. The van der Waals surface area contributed by atoms with Crippen LogP contribution in [0.15, 0.2) is 194 Å². The number of hydrogen-bond acceptors (Lipinski definition) is 7. The summed E-state index contributed by atoms with van der Waals surface area (Å²) in [6.45, 7) is 4.65. The topological polar surface area (TPSA) is 108 Å². The minimum Gasteiger partial charge on any atom is -0.477 e. The van der Waals surface area contributed by atoms with Gasteiger partial charge in [-0.1, -0.05) is 350 Å². The van der Waals surface area contributed by atoms with Crippen LogP contribution >= 0.6 is 0 Å². The molecule has 0 spiro atoms. The smallest absolute Gasteiger partial charge is 0.361 e. The number of carboxylic acid groups (broad SMARTS) is 1. The van der Waals surface area contributed by atoms with Crippen LogP contribution in [0.4, 0.5) is 0 Å². The molecule has 0 rings (SSSR count). The number of rotatable bonds is 73. The van der Waals surface area contributed by atoms with Crippen molar-refractivity contribution in [3.05, 3.63) is 194 Å². The van der Waals surface area contributed by atoms with Crippen LogP contribution in [-0.4, -0.2) is 87.4 Å². The van der Waals surface area contributed by atoms with Gasteiger partial charge >= 0.3 is 17.9 Å². The van der Waals surface area contributed by atoms with Gasteiger partial charge < -0.3 is 28.5 Å². The molecule has 0 amide bonds. The number of nitrogens with zero attached hydrogens (tertiary/aromatic N) is 1. The molecular formula is C92H150NO8+. The summed E-state index contributed by atoms with van der Waals surface area (Å²) in [6, 6.07) is 0. The third-order valence-corrected chi connectivity index (χ3v) is 16.8. The quantitative estimate of drug-likeness (QED) is 0.0211. The first-order valence-corrected chi connectivity index (χ1v) is 40.6. The number of allylic oxidation sites excluding steroid dienone is 32. The predicted octanol–water partition coefficient (Wildman–Crippen LogP) is 26.5. The number of hydrogen-bond donors (Lipinski definition) is 1. The van der Waals surface area contributed by atoms with E-state index in [0.717, 1.165) is 148 Å². The summed E-state index contributed by atoms with van der Waals surface area (Å²) >= 11 is 0. The van der Waals surface area contributed by atoms with E-state index in [4.69, 9.17) is 18.9 Å². The third-order valence-electron chi connectivity index (χ3n) is 16.8. The predicted molar refractivity (Wildman–Crippen MR) is 437 cm³/mol. The minimum atomic E-state index is -1.52. The van der Waals surface area contributed by atoms with Crippen LogP contribution in [0.3, 0.4) is 0 Å². The monoisotopic (exact) mass is 1400 g/mol. The van der Waals surface area contributed by atoms with Gasteiger partial charge in [-0.15, -0.1) is 0 Å². The van der Waals surface area contributed by atoms with E-state index in [9.17, 15) is 19.5 Å². The van der Waals surface area contributed by atoms with E-state index in [0.29, 0.717) is 23.9 Å². The van der Waals surface area contributed by atoms with Gasteiger partial charge in [-0.2, -0.15) is 0 Å². The number of carbonyl (C=O) groups is 3. The number of aliphatic carboxylic acids is 1. The first-order valence-electron chi connectivity index (χ1n) is 40.6. The largest absolute Gasteiger partial charge is 0.477 e. The maximum Gasteiger partial charge on any atom is 0.361 e. The molecule has 0 bridgehead atoms. The van der Waals surface area contributed by atoms with Gasteiger partial charge in [0.2, 0.25) is 0 Å². The summed E-state index contributed by atoms with van der Waals surface area (Å²) < 4.78 is 23.0. The molecule has 0 aromatic rings. The zero-order valence-electron chi connectivity index (χ0n) is 65.2. The van der Waals surface area contributed by atoms with Crippen LogP contribution < -0.4 is 0 Å². The van der Waals surface area contributed by atoms with E-state index in [2.05, 4.69) is 208 Å².